The predicted octanol–water partition coefficient (Wildman–Crippen LogP) is 4.56. The van der Waals surface area contributed by atoms with Gasteiger partial charge in [0.05, 0.1) is 19.2 Å². The van der Waals surface area contributed by atoms with Gasteiger partial charge in [0.15, 0.2) is 0 Å². The van der Waals surface area contributed by atoms with Crippen LogP contribution in [0.5, 0.6) is 0 Å². The molecular formula is C24H28N4O2. The molecule has 3 rings (SSSR count). The molecule has 1 N–H and O–H groups in total. The monoisotopic (exact) mass is 404 g/mol. The molecule has 3 aromatic rings. The average molecular weight is 405 g/mol. The van der Waals surface area contributed by atoms with Crippen LogP contribution in [0.15, 0.2) is 60.8 Å². The third kappa shape index (κ3) is 5.02. The first-order valence-electron chi connectivity index (χ1n) is 10.0. The van der Waals surface area contributed by atoms with Crippen LogP contribution in [0.4, 0.5) is 11.8 Å². The molecule has 0 saturated carbocycles. The summed E-state index contributed by atoms with van der Waals surface area (Å²) >= 11 is 0. The maximum Gasteiger partial charge on any atom is 0.259 e. The maximum atomic E-state index is 13.4. The number of anilines is 2. The predicted molar refractivity (Wildman–Crippen MR) is 120 cm³/mol. The molecule has 0 spiro atoms. The molecule has 0 bridgehead atoms. The Morgan fingerprint density at radius 1 is 1.10 bits per heavy atom. The summed E-state index contributed by atoms with van der Waals surface area (Å²) in [5.41, 5.74) is 3.84. The molecule has 0 fully saturated rings. The topological polar surface area (TPSA) is 67.3 Å². The zero-order valence-electron chi connectivity index (χ0n) is 17.9. The highest BCUT2D eigenvalue weighted by atomic mass is 16.5. The Balaban J connectivity index is 1.88. The first-order valence-corrected chi connectivity index (χ1v) is 10.0. The molecule has 0 unspecified atom stereocenters. The lowest BCUT2D eigenvalue weighted by Gasteiger charge is -2.23. The van der Waals surface area contributed by atoms with Crippen LogP contribution in [0, 0.1) is 13.8 Å². The first kappa shape index (κ1) is 21.5. The highest BCUT2D eigenvalue weighted by molar-refractivity contribution is 6.06. The van der Waals surface area contributed by atoms with Crippen molar-refractivity contribution in [1.29, 1.82) is 0 Å². The summed E-state index contributed by atoms with van der Waals surface area (Å²) < 4.78 is 5.23. The number of carbonyl (C=O) groups is 1. The van der Waals surface area contributed by atoms with Crippen molar-refractivity contribution < 1.29 is 9.53 Å². The van der Waals surface area contributed by atoms with Gasteiger partial charge < -0.3 is 10.1 Å². The number of nitrogens with one attached hydrogen (secondary N) is 1. The fourth-order valence-electron chi connectivity index (χ4n) is 3.22. The van der Waals surface area contributed by atoms with E-state index in [0.717, 1.165) is 16.7 Å². The van der Waals surface area contributed by atoms with Crippen LogP contribution in [0.1, 0.15) is 40.0 Å². The van der Waals surface area contributed by atoms with Gasteiger partial charge in [0.2, 0.25) is 5.95 Å². The van der Waals surface area contributed by atoms with Gasteiger partial charge in [-0.3, -0.25) is 9.69 Å². The molecule has 0 radical (unpaired) electrons. The number of hydrogen-bond acceptors (Lipinski definition) is 5. The van der Waals surface area contributed by atoms with Gasteiger partial charge in [0.1, 0.15) is 5.82 Å². The van der Waals surface area contributed by atoms with E-state index < -0.39 is 0 Å². The van der Waals surface area contributed by atoms with Crippen LogP contribution in [-0.4, -0.2) is 36.1 Å². The first-order chi connectivity index (χ1) is 14.5. The molecule has 6 heteroatoms. The molecule has 1 amide bonds. The molecule has 30 heavy (non-hydrogen) atoms. The van der Waals surface area contributed by atoms with Gasteiger partial charge in [-0.1, -0.05) is 42.5 Å². The van der Waals surface area contributed by atoms with Crippen molar-refractivity contribution in [3.63, 3.8) is 0 Å². The van der Waals surface area contributed by atoms with Gasteiger partial charge in [-0.25, -0.2) is 4.98 Å². The number of methoxy groups -OCH3 is 1. The summed E-state index contributed by atoms with van der Waals surface area (Å²) in [5.74, 6) is 0.907. The molecule has 0 saturated heterocycles. The van der Waals surface area contributed by atoms with Crippen molar-refractivity contribution in [2.75, 3.05) is 30.5 Å². The van der Waals surface area contributed by atoms with Crippen molar-refractivity contribution in [3.05, 3.63) is 83.0 Å². The number of nitrogens with zero attached hydrogens (tertiary/aromatic N) is 3. The smallest absolute Gasteiger partial charge is 0.259 e. The lowest BCUT2D eigenvalue weighted by Crippen LogP contribution is -2.35. The number of rotatable bonds is 8. The molecule has 1 heterocycles. The molecule has 6 nitrogen and oxygen atoms in total. The number of hydrogen-bond donors (Lipinski definition) is 1. The van der Waals surface area contributed by atoms with Crippen molar-refractivity contribution in [3.8, 4) is 0 Å². The third-order valence-electron chi connectivity index (χ3n) is 5.16. The minimum Gasteiger partial charge on any atom is -0.383 e. The fourth-order valence-corrected chi connectivity index (χ4v) is 3.22. The minimum absolute atomic E-state index is 0.0311. The van der Waals surface area contributed by atoms with Gasteiger partial charge in [0.25, 0.3) is 5.91 Å². The largest absolute Gasteiger partial charge is 0.383 e. The number of aryl methyl sites for hydroxylation is 1. The maximum absolute atomic E-state index is 13.4. The van der Waals surface area contributed by atoms with Crippen LogP contribution in [0.3, 0.4) is 0 Å². The molecule has 0 aliphatic heterocycles. The van der Waals surface area contributed by atoms with Gasteiger partial charge in [-0.05, 0) is 49.6 Å². The van der Waals surface area contributed by atoms with Gasteiger partial charge in [-0.2, -0.15) is 4.98 Å². The number of aromatic nitrogens is 2. The van der Waals surface area contributed by atoms with Crippen molar-refractivity contribution in [2.45, 2.75) is 26.8 Å². The van der Waals surface area contributed by atoms with E-state index in [9.17, 15) is 4.79 Å². The standard InChI is InChI=1S/C24H28N4O2/c1-17-9-8-12-21(18(17)2)23(29)28(15-16-30-4)22-13-14-25-24(27-22)26-19(3)20-10-6-5-7-11-20/h5-14,19H,15-16H2,1-4H3,(H,25,26,27)/t19-/m0/s1. The SMILES string of the molecule is COCCN(C(=O)c1cccc(C)c1C)c1ccnc(N[C@@H](C)c2ccccc2)n1. The lowest BCUT2D eigenvalue weighted by atomic mass is 10.0. The molecule has 1 aromatic heterocycles. The van der Waals surface area contributed by atoms with E-state index >= 15 is 0 Å². The number of ether oxygens (including phenoxy) is 1. The van der Waals surface area contributed by atoms with E-state index in [4.69, 9.17) is 4.74 Å². The van der Waals surface area contributed by atoms with Gasteiger partial charge in [-0.15, -0.1) is 0 Å². The third-order valence-corrected chi connectivity index (χ3v) is 5.16. The average Bonchev–Trinajstić information content (AvgIpc) is 2.76. The van der Waals surface area contributed by atoms with Crippen LogP contribution in [0.2, 0.25) is 0 Å². The minimum atomic E-state index is -0.103. The van der Waals surface area contributed by atoms with Crippen molar-refractivity contribution in [2.24, 2.45) is 0 Å². The Labute approximate surface area is 177 Å². The second kappa shape index (κ2) is 9.98. The number of benzene rings is 2. The number of carbonyl (C=O) groups excluding carboxylic acids is 1. The number of amides is 1. The van der Waals surface area contributed by atoms with E-state index in [-0.39, 0.29) is 11.9 Å². The quantitative estimate of drug-likeness (QED) is 0.596. The highest BCUT2D eigenvalue weighted by Crippen LogP contribution is 2.21. The van der Waals surface area contributed by atoms with E-state index in [1.165, 1.54) is 0 Å². The second-order valence-corrected chi connectivity index (χ2v) is 7.21. The highest BCUT2D eigenvalue weighted by Gasteiger charge is 2.21. The van der Waals surface area contributed by atoms with Gasteiger partial charge in [0, 0.05) is 18.9 Å². The Morgan fingerprint density at radius 3 is 2.60 bits per heavy atom. The van der Waals surface area contributed by atoms with E-state index in [0.29, 0.717) is 30.5 Å². The van der Waals surface area contributed by atoms with Crippen LogP contribution in [0.25, 0.3) is 0 Å². The van der Waals surface area contributed by atoms with Crippen molar-refractivity contribution >= 4 is 17.7 Å². The molecule has 2 aromatic carbocycles. The Bertz CT molecular complexity index is 992. The van der Waals surface area contributed by atoms with E-state index in [2.05, 4.69) is 34.3 Å². The molecule has 156 valence electrons. The van der Waals surface area contributed by atoms with E-state index in [1.54, 1.807) is 24.3 Å². The lowest BCUT2D eigenvalue weighted by molar-refractivity contribution is 0.0974. The normalized spacial score (nSPS) is 11.7. The molecule has 0 aliphatic carbocycles. The molecule has 0 aliphatic rings. The second-order valence-electron chi connectivity index (χ2n) is 7.21. The zero-order chi connectivity index (χ0) is 21.5. The summed E-state index contributed by atoms with van der Waals surface area (Å²) in [7, 11) is 1.62. The Morgan fingerprint density at radius 2 is 1.87 bits per heavy atom. The Kier molecular flexibility index (Phi) is 7.14. The van der Waals surface area contributed by atoms with Crippen LogP contribution in [-0.2, 0) is 4.74 Å². The summed E-state index contributed by atoms with van der Waals surface area (Å²) in [6.07, 6.45) is 1.67. The summed E-state index contributed by atoms with van der Waals surface area (Å²) in [5, 5.41) is 3.32. The molecular weight excluding hydrogens is 376 g/mol. The van der Waals surface area contributed by atoms with Gasteiger partial charge >= 0.3 is 0 Å². The summed E-state index contributed by atoms with van der Waals surface area (Å²) in [4.78, 5) is 24.0. The van der Waals surface area contributed by atoms with Crippen LogP contribution < -0.4 is 10.2 Å². The Hall–Kier alpha value is -3.25. The molecule has 1 atom stereocenters. The van der Waals surface area contributed by atoms with E-state index in [1.807, 2.05) is 50.2 Å². The van der Waals surface area contributed by atoms with Crippen LogP contribution >= 0.6 is 0 Å². The fraction of sp³-hybridized carbons (Fsp3) is 0.292. The van der Waals surface area contributed by atoms with Crippen molar-refractivity contribution in [1.82, 2.24) is 9.97 Å². The summed E-state index contributed by atoms with van der Waals surface area (Å²) in [6.45, 7) is 6.82. The zero-order valence-corrected chi connectivity index (χ0v) is 17.9. The summed E-state index contributed by atoms with van der Waals surface area (Å²) in [6, 6.07) is 17.6.